The second-order valence-electron chi connectivity index (χ2n) is 6.03. The smallest absolute Gasteiger partial charge is 0.268 e. The van der Waals surface area contributed by atoms with Crippen LogP contribution in [0, 0.1) is 12.2 Å². The van der Waals surface area contributed by atoms with Crippen LogP contribution >= 0.6 is 0 Å². The van der Waals surface area contributed by atoms with E-state index in [4.69, 9.17) is 0 Å². The van der Waals surface area contributed by atoms with Gasteiger partial charge < -0.3 is 0 Å². The standard InChI is InChI=1S/2C12H11.Zr/c2*1-2-5-10-8-9-11-6-3-4-7-12(10)11;/h2*2-4,6-7,9-10H,1,5H2;/q2*-1;+2. The topological polar surface area (TPSA) is 0 Å². The van der Waals surface area contributed by atoms with E-state index in [0.29, 0.717) is 11.8 Å². The molecule has 2 atom stereocenters. The van der Waals surface area contributed by atoms with Crippen LogP contribution in [-0.2, 0) is 26.2 Å². The van der Waals surface area contributed by atoms with Crippen LogP contribution in [0.15, 0.2) is 73.8 Å². The third-order valence-electron chi connectivity index (χ3n) is 4.43. The van der Waals surface area contributed by atoms with Crippen molar-refractivity contribution in [3.05, 3.63) is 108 Å². The van der Waals surface area contributed by atoms with Crippen LogP contribution in [-0.4, -0.2) is 0 Å². The maximum atomic E-state index is 3.74. The molecule has 0 N–H and O–H groups in total. The minimum Gasteiger partial charge on any atom is -0.268 e. The van der Waals surface area contributed by atoms with Gasteiger partial charge in [-0.1, -0.05) is 60.4 Å². The Morgan fingerprint density at radius 1 is 0.720 bits per heavy atom. The van der Waals surface area contributed by atoms with E-state index in [1.807, 2.05) is 12.2 Å². The number of hydrogen-bond donors (Lipinski definition) is 0. The van der Waals surface area contributed by atoms with E-state index in [2.05, 4.69) is 86.0 Å². The average Bonchev–Trinajstić information content (AvgIpc) is 3.22. The summed E-state index contributed by atoms with van der Waals surface area (Å²) >= 11 is 0. The minimum absolute atomic E-state index is 0. The predicted molar refractivity (Wildman–Crippen MR) is 103 cm³/mol. The van der Waals surface area contributed by atoms with Crippen LogP contribution in [0.5, 0.6) is 0 Å². The maximum Gasteiger partial charge on any atom is 2.00 e. The van der Waals surface area contributed by atoms with Gasteiger partial charge in [0.2, 0.25) is 0 Å². The summed E-state index contributed by atoms with van der Waals surface area (Å²) in [5, 5.41) is 0. The Kier molecular flexibility index (Phi) is 7.60. The van der Waals surface area contributed by atoms with Crippen LogP contribution < -0.4 is 0 Å². The fourth-order valence-electron chi connectivity index (χ4n) is 3.20. The molecular formula is C24H22Zr. The third kappa shape index (κ3) is 4.67. The number of hydrogen-bond acceptors (Lipinski definition) is 0. The molecule has 25 heavy (non-hydrogen) atoms. The Morgan fingerprint density at radius 3 is 1.52 bits per heavy atom. The largest absolute Gasteiger partial charge is 2.00 e. The van der Waals surface area contributed by atoms with Crippen LogP contribution in [0.2, 0.25) is 0 Å². The summed E-state index contributed by atoms with van der Waals surface area (Å²) in [7, 11) is 0. The van der Waals surface area contributed by atoms with Gasteiger partial charge >= 0.3 is 26.2 Å². The molecule has 0 radical (unpaired) electrons. The first kappa shape index (κ1) is 19.6. The molecule has 0 amide bonds. The molecule has 0 spiro atoms. The van der Waals surface area contributed by atoms with Crippen molar-refractivity contribution in [2.24, 2.45) is 0 Å². The number of fused-ring (bicyclic) bond motifs is 2. The summed E-state index contributed by atoms with van der Waals surface area (Å²) < 4.78 is 0. The second kappa shape index (κ2) is 9.68. The number of rotatable bonds is 4. The van der Waals surface area contributed by atoms with Crippen LogP contribution in [0.3, 0.4) is 0 Å². The van der Waals surface area contributed by atoms with E-state index < -0.39 is 0 Å². The van der Waals surface area contributed by atoms with Crippen molar-refractivity contribution in [3.63, 3.8) is 0 Å². The summed E-state index contributed by atoms with van der Waals surface area (Å²) in [6.07, 6.45) is 16.7. The van der Waals surface area contributed by atoms with E-state index in [1.165, 1.54) is 22.3 Å². The Balaban J connectivity index is 0.000000173. The van der Waals surface area contributed by atoms with Gasteiger partial charge in [0.15, 0.2) is 0 Å². The van der Waals surface area contributed by atoms with E-state index in [-0.39, 0.29) is 26.2 Å². The van der Waals surface area contributed by atoms with Gasteiger partial charge in [0, 0.05) is 0 Å². The Morgan fingerprint density at radius 2 is 1.12 bits per heavy atom. The zero-order chi connectivity index (χ0) is 16.8. The first-order chi connectivity index (χ1) is 11.8. The molecule has 2 aliphatic rings. The van der Waals surface area contributed by atoms with E-state index in [1.54, 1.807) is 0 Å². The van der Waals surface area contributed by atoms with Gasteiger partial charge in [0.25, 0.3) is 0 Å². The van der Waals surface area contributed by atoms with Crippen molar-refractivity contribution >= 4 is 12.2 Å². The zero-order valence-electron chi connectivity index (χ0n) is 14.4. The predicted octanol–water partition coefficient (Wildman–Crippen LogP) is 6.35. The third-order valence-corrected chi connectivity index (χ3v) is 4.43. The van der Waals surface area contributed by atoms with E-state index >= 15 is 0 Å². The number of allylic oxidation sites excluding steroid dienone is 4. The molecule has 2 aliphatic carbocycles. The molecule has 0 fully saturated rings. The molecule has 2 unspecified atom stereocenters. The van der Waals surface area contributed by atoms with Crippen molar-refractivity contribution < 1.29 is 26.2 Å². The summed E-state index contributed by atoms with van der Waals surface area (Å²) in [6.45, 7) is 7.49. The van der Waals surface area contributed by atoms with Gasteiger partial charge in [0.1, 0.15) is 0 Å². The molecule has 122 valence electrons. The first-order valence-corrected chi connectivity index (χ1v) is 8.41. The van der Waals surface area contributed by atoms with Crippen LogP contribution in [0.4, 0.5) is 0 Å². The quantitative estimate of drug-likeness (QED) is 0.413. The molecule has 2 aromatic carbocycles. The molecule has 0 aromatic heterocycles. The SMILES string of the molecule is C=CCC1[C-]=Cc2ccccc21.C=CCC1[C-]=Cc2ccccc21.[Zr+2]. The molecule has 0 aliphatic heterocycles. The fourth-order valence-corrected chi connectivity index (χ4v) is 3.20. The van der Waals surface area contributed by atoms with Crippen molar-refractivity contribution in [1.29, 1.82) is 0 Å². The van der Waals surface area contributed by atoms with Gasteiger partial charge in [-0.15, -0.1) is 36.4 Å². The Labute approximate surface area is 170 Å². The monoisotopic (exact) mass is 400 g/mol. The van der Waals surface area contributed by atoms with Crippen molar-refractivity contribution in [2.75, 3.05) is 0 Å². The van der Waals surface area contributed by atoms with Crippen molar-refractivity contribution in [1.82, 2.24) is 0 Å². The number of benzene rings is 2. The van der Waals surface area contributed by atoms with Crippen LogP contribution in [0.25, 0.3) is 12.2 Å². The van der Waals surface area contributed by atoms with Gasteiger partial charge in [0.05, 0.1) is 0 Å². The minimum atomic E-state index is 0. The zero-order valence-corrected chi connectivity index (χ0v) is 16.9. The van der Waals surface area contributed by atoms with Gasteiger partial charge in [-0.2, -0.15) is 11.1 Å². The molecule has 0 saturated carbocycles. The Hall–Kier alpha value is -1.72. The second-order valence-corrected chi connectivity index (χ2v) is 6.03. The van der Waals surface area contributed by atoms with Crippen LogP contribution in [0.1, 0.15) is 46.9 Å². The van der Waals surface area contributed by atoms with E-state index in [0.717, 1.165) is 12.8 Å². The normalized spacial score (nSPS) is 18.4. The average molecular weight is 402 g/mol. The molecular weight excluding hydrogens is 379 g/mol. The molecule has 0 heterocycles. The van der Waals surface area contributed by atoms with Crippen molar-refractivity contribution in [3.8, 4) is 0 Å². The van der Waals surface area contributed by atoms with Crippen molar-refractivity contribution in [2.45, 2.75) is 24.7 Å². The maximum absolute atomic E-state index is 3.74. The molecule has 0 bridgehead atoms. The summed E-state index contributed by atoms with van der Waals surface area (Å²) in [4.78, 5) is 0. The van der Waals surface area contributed by atoms with E-state index in [9.17, 15) is 0 Å². The Bertz CT molecular complexity index is 715. The first-order valence-electron chi connectivity index (χ1n) is 8.41. The molecule has 4 rings (SSSR count). The molecule has 1 heteroatoms. The summed E-state index contributed by atoms with van der Waals surface area (Å²) in [5.41, 5.74) is 5.39. The molecule has 0 saturated heterocycles. The summed E-state index contributed by atoms with van der Waals surface area (Å²) in [6, 6.07) is 16.9. The van der Waals surface area contributed by atoms with Gasteiger partial charge in [-0.3, -0.25) is 12.2 Å². The molecule has 2 aromatic rings. The van der Waals surface area contributed by atoms with Gasteiger partial charge in [-0.05, 0) is 12.8 Å². The summed E-state index contributed by atoms with van der Waals surface area (Å²) in [5.74, 6) is 0.886. The van der Waals surface area contributed by atoms with Gasteiger partial charge in [-0.25, -0.2) is 12.2 Å². The fraction of sp³-hybridized carbons (Fsp3) is 0.167. The molecule has 0 nitrogen and oxygen atoms in total.